The van der Waals surface area contributed by atoms with E-state index in [-0.39, 0.29) is 12.2 Å². The number of benzene rings is 1. The van der Waals surface area contributed by atoms with Crippen molar-refractivity contribution in [2.45, 2.75) is 63.7 Å². The highest BCUT2D eigenvalue weighted by Gasteiger charge is 2.23. The molecule has 1 saturated carbocycles. The average Bonchev–Trinajstić information content (AvgIpc) is 3.13. The van der Waals surface area contributed by atoms with E-state index >= 15 is 0 Å². The Kier molecular flexibility index (Phi) is 6.81. The largest absolute Gasteiger partial charge is 0.463 e. The minimum absolute atomic E-state index is 0.208. The van der Waals surface area contributed by atoms with Crippen molar-refractivity contribution in [2.75, 3.05) is 13.7 Å². The summed E-state index contributed by atoms with van der Waals surface area (Å²) in [4.78, 5) is 14.2. The smallest absolute Gasteiger partial charge is 0.318 e. The molecule has 5 heteroatoms. The van der Waals surface area contributed by atoms with E-state index in [0.717, 1.165) is 18.4 Å². The molecule has 0 N–H and O–H groups in total. The highest BCUT2D eigenvalue weighted by Crippen LogP contribution is 2.22. The number of carbonyl (C=O) groups excluding carboxylic acids is 1. The van der Waals surface area contributed by atoms with Crippen molar-refractivity contribution < 1.29 is 19.0 Å². The first-order valence-electron chi connectivity index (χ1n) is 9.67. The fourth-order valence-electron chi connectivity index (χ4n) is 3.53. The maximum Gasteiger partial charge on any atom is 0.318 e. The summed E-state index contributed by atoms with van der Waals surface area (Å²) in [6.45, 7) is 0.456. The molecule has 0 aromatic heterocycles. The van der Waals surface area contributed by atoms with Crippen LogP contribution in [0.15, 0.2) is 42.5 Å². The lowest BCUT2D eigenvalue weighted by Gasteiger charge is -2.31. The molecule has 0 radical (unpaired) electrons. The lowest BCUT2D eigenvalue weighted by Crippen LogP contribution is -2.38. The molecule has 1 aliphatic carbocycles. The number of hydrogen-bond acceptors (Lipinski definition) is 4. The quantitative estimate of drug-likeness (QED) is 0.659. The van der Waals surface area contributed by atoms with Gasteiger partial charge in [0.15, 0.2) is 6.26 Å². The molecule has 0 saturated heterocycles. The van der Waals surface area contributed by atoms with Crippen LogP contribution in [-0.2, 0) is 25.4 Å². The van der Waals surface area contributed by atoms with Crippen molar-refractivity contribution in [2.24, 2.45) is 0 Å². The Bertz CT molecular complexity index is 595. The van der Waals surface area contributed by atoms with Crippen LogP contribution in [0.25, 0.3) is 0 Å². The van der Waals surface area contributed by atoms with Gasteiger partial charge in [0.25, 0.3) is 0 Å². The fourth-order valence-corrected chi connectivity index (χ4v) is 3.53. The third kappa shape index (κ3) is 5.41. The topological polar surface area (TPSA) is 48.0 Å². The molecule has 1 heterocycles. The monoisotopic (exact) mass is 359 g/mol. The van der Waals surface area contributed by atoms with E-state index in [1.165, 1.54) is 25.5 Å². The second-order valence-electron chi connectivity index (χ2n) is 7.06. The van der Waals surface area contributed by atoms with Gasteiger partial charge in [-0.1, -0.05) is 49.6 Å². The Balaban J connectivity index is 1.30. The Morgan fingerprint density at radius 2 is 1.96 bits per heavy atom. The van der Waals surface area contributed by atoms with Crippen LogP contribution in [-0.4, -0.2) is 36.8 Å². The molecule has 0 spiro atoms. The average molecular weight is 359 g/mol. The predicted octanol–water partition coefficient (Wildman–Crippen LogP) is 3.99. The molecule has 3 rings (SSSR count). The van der Waals surface area contributed by atoms with E-state index in [1.807, 2.05) is 42.3 Å². The number of amides is 1. The van der Waals surface area contributed by atoms with Crippen molar-refractivity contribution in [1.29, 1.82) is 0 Å². The van der Waals surface area contributed by atoms with E-state index in [2.05, 4.69) is 0 Å². The zero-order valence-electron chi connectivity index (χ0n) is 15.6. The Hall–Kier alpha value is -2.17. The van der Waals surface area contributed by atoms with Crippen molar-refractivity contribution in [3.05, 3.63) is 48.1 Å². The van der Waals surface area contributed by atoms with Crippen LogP contribution in [0.5, 0.6) is 0 Å². The fraction of sp³-hybridized carbons (Fsp3) is 0.571. The molecule has 0 bridgehead atoms. The summed E-state index contributed by atoms with van der Waals surface area (Å²) in [6, 6.07) is 10.5. The molecule has 1 atom stereocenters. The lowest BCUT2D eigenvalue weighted by atomic mass is 9.94. The number of nitrogens with zero attached hydrogens (tertiary/aromatic N) is 1. The zero-order valence-corrected chi connectivity index (χ0v) is 15.6. The number of ether oxygens (including phenoxy) is 3. The van der Waals surface area contributed by atoms with Gasteiger partial charge in [-0.15, -0.1) is 0 Å². The Morgan fingerprint density at radius 1 is 1.19 bits per heavy atom. The van der Waals surface area contributed by atoms with Crippen LogP contribution in [0.1, 0.15) is 50.5 Å². The molecule has 5 nitrogen and oxygen atoms in total. The first-order valence-corrected chi connectivity index (χ1v) is 9.67. The summed E-state index contributed by atoms with van der Waals surface area (Å²) >= 11 is 0. The van der Waals surface area contributed by atoms with E-state index in [1.54, 1.807) is 0 Å². The van der Waals surface area contributed by atoms with Crippen molar-refractivity contribution in [1.82, 2.24) is 4.90 Å². The van der Waals surface area contributed by atoms with E-state index in [9.17, 15) is 4.79 Å². The van der Waals surface area contributed by atoms with Crippen molar-refractivity contribution in [3.8, 4) is 0 Å². The van der Waals surface area contributed by atoms with Gasteiger partial charge in [-0.3, -0.25) is 4.79 Å². The second-order valence-corrected chi connectivity index (χ2v) is 7.06. The van der Waals surface area contributed by atoms with E-state index in [4.69, 9.17) is 14.2 Å². The molecule has 2 aliphatic rings. The minimum Gasteiger partial charge on any atom is -0.463 e. The summed E-state index contributed by atoms with van der Waals surface area (Å²) in [5.41, 5.74) is 1.16. The lowest BCUT2D eigenvalue weighted by molar-refractivity contribution is -0.133. The Morgan fingerprint density at radius 3 is 2.73 bits per heavy atom. The van der Waals surface area contributed by atoms with Gasteiger partial charge >= 0.3 is 5.95 Å². The Labute approximate surface area is 155 Å². The SMILES string of the molecule is CN(C(=O)CCCOC1=COC(Cc2ccccc2)O1)C1CCCCC1. The molecular weight excluding hydrogens is 330 g/mol. The van der Waals surface area contributed by atoms with Crippen molar-refractivity contribution in [3.63, 3.8) is 0 Å². The maximum atomic E-state index is 12.3. The molecule has 142 valence electrons. The number of rotatable bonds is 8. The molecule has 1 amide bonds. The van der Waals surface area contributed by atoms with Crippen LogP contribution in [0.3, 0.4) is 0 Å². The minimum atomic E-state index is -0.341. The van der Waals surface area contributed by atoms with Crippen LogP contribution in [0.2, 0.25) is 0 Å². The standard InChI is InChI=1S/C21H29NO4/c1-22(18-11-6-3-7-12-18)19(23)13-8-14-24-21-16-25-20(26-21)15-17-9-4-2-5-10-17/h2,4-5,9-10,16,18,20H,3,6-8,11-15H2,1H3. The van der Waals surface area contributed by atoms with Gasteiger partial charge in [-0.25, -0.2) is 0 Å². The van der Waals surface area contributed by atoms with Gasteiger partial charge in [-0.05, 0) is 24.8 Å². The molecule has 1 fully saturated rings. The number of hydrogen-bond donors (Lipinski definition) is 0. The van der Waals surface area contributed by atoms with Gasteiger partial charge in [0, 0.05) is 25.9 Å². The predicted molar refractivity (Wildman–Crippen MR) is 99.0 cm³/mol. The molecular formula is C21H29NO4. The summed E-state index contributed by atoms with van der Waals surface area (Å²) in [7, 11) is 1.93. The molecule has 1 aromatic rings. The van der Waals surface area contributed by atoms with Crippen LogP contribution < -0.4 is 0 Å². The maximum absolute atomic E-state index is 12.3. The molecule has 1 unspecified atom stereocenters. The first kappa shape index (κ1) is 18.6. The van der Waals surface area contributed by atoms with Crippen LogP contribution in [0, 0.1) is 0 Å². The van der Waals surface area contributed by atoms with E-state index in [0.29, 0.717) is 37.9 Å². The molecule has 26 heavy (non-hydrogen) atoms. The van der Waals surface area contributed by atoms with Crippen LogP contribution in [0.4, 0.5) is 0 Å². The third-order valence-electron chi connectivity index (χ3n) is 5.10. The second kappa shape index (κ2) is 9.51. The first-order chi connectivity index (χ1) is 12.7. The zero-order chi connectivity index (χ0) is 18.2. The summed E-state index contributed by atoms with van der Waals surface area (Å²) < 4.78 is 16.7. The highest BCUT2D eigenvalue weighted by atomic mass is 16.8. The van der Waals surface area contributed by atoms with Gasteiger partial charge in [-0.2, -0.15) is 0 Å². The van der Waals surface area contributed by atoms with Gasteiger partial charge < -0.3 is 19.1 Å². The van der Waals surface area contributed by atoms with Crippen molar-refractivity contribution >= 4 is 5.91 Å². The normalized spacial score (nSPS) is 20.0. The third-order valence-corrected chi connectivity index (χ3v) is 5.10. The summed E-state index contributed by atoms with van der Waals surface area (Å²) in [5, 5.41) is 0. The van der Waals surface area contributed by atoms with E-state index < -0.39 is 0 Å². The van der Waals surface area contributed by atoms with Gasteiger partial charge in [0.05, 0.1) is 6.61 Å². The summed E-state index contributed by atoms with van der Waals surface area (Å²) in [5.74, 6) is 0.610. The summed E-state index contributed by atoms with van der Waals surface area (Å²) in [6.07, 6.45) is 9.09. The number of carbonyl (C=O) groups is 1. The van der Waals surface area contributed by atoms with Gasteiger partial charge in [0.1, 0.15) is 0 Å². The molecule has 1 aromatic carbocycles. The molecule has 1 aliphatic heterocycles. The van der Waals surface area contributed by atoms with Gasteiger partial charge in [0.2, 0.25) is 12.2 Å². The highest BCUT2D eigenvalue weighted by molar-refractivity contribution is 5.76. The van der Waals surface area contributed by atoms with Crippen LogP contribution >= 0.6 is 0 Å².